The van der Waals surface area contributed by atoms with Gasteiger partial charge in [0.15, 0.2) is 17.3 Å². The van der Waals surface area contributed by atoms with Crippen LogP contribution in [0.2, 0.25) is 0 Å². The van der Waals surface area contributed by atoms with E-state index in [0.717, 1.165) is 34.6 Å². The maximum absolute atomic E-state index is 13.3. The number of benzene rings is 2. The molecule has 2 aromatic carbocycles. The van der Waals surface area contributed by atoms with Crippen molar-refractivity contribution < 1.29 is 14.3 Å². The minimum Gasteiger partial charge on any atom is -0.493 e. The summed E-state index contributed by atoms with van der Waals surface area (Å²) in [6, 6.07) is 9.90. The number of hydrogen-bond donors (Lipinski definition) is 2. The van der Waals surface area contributed by atoms with E-state index < -0.39 is 0 Å². The Hall–Kier alpha value is -2.95. The third-order valence-electron chi connectivity index (χ3n) is 6.17. The van der Waals surface area contributed by atoms with Gasteiger partial charge in [-0.3, -0.25) is 4.79 Å². The van der Waals surface area contributed by atoms with Gasteiger partial charge >= 0.3 is 0 Å². The molecule has 0 aromatic heterocycles. The number of fused-ring (bicyclic) bond motifs is 1. The molecule has 0 saturated carbocycles. The number of hydrogen-bond acceptors (Lipinski definition) is 5. The number of Topliss-reactive ketones (excluding diaryl/α,β-unsaturated/α-hetero) is 1. The maximum atomic E-state index is 13.3. The molecule has 1 heterocycles. The van der Waals surface area contributed by atoms with E-state index in [1.165, 1.54) is 11.1 Å². The van der Waals surface area contributed by atoms with Crippen LogP contribution >= 0.6 is 0 Å². The Kier molecular flexibility index (Phi) is 5.00. The molecule has 0 fully saturated rings. The van der Waals surface area contributed by atoms with Gasteiger partial charge < -0.3 is 20.1 Å². The SMILES string of the molecule is COc1ccc([C@H]2Nc3cc(C)c(C)cc3NC3=C2C(=O)CC(C)(C)C3)cc1OC. The van der Waals surface area contributed by atoms with Crippen molar-refractivity contribution in [3.8, 4) is 11.5 Å². The van der Waals surface area contributed by atoms with Crippen molar-refractivity contribution in [1.29, 1.82) is 0 Å². The summed E-state index contributed by atoms with van der Waals surface area (Å²) in [6.45, 7) is 8.53. The van der Waals surface area contributed by atoms with Crippen molar-refractivity contribution in [1.82, 2.24) is 0 Å². The van der Waals surface area contributed by atoms with E-state index in [1.807, 2.05) is 18.2 Å². The number of aryl methyl sites for hydroxylation is 2. The molecule has 0 bridgehead atoms. The molecule has 2 aromatic rings. The first-order valence-corrected chi connectivity index (χ1v) is 10.4. The second kappa shape index (κ2) is 7.38. The third kappa shape index (κ3) is 3.53. The van der Waals surface area contributed by atoms with Gasteiger partial charge in [-0.25, -0.2) is 0 Å². The van der Waals surface area contributed by atoms with Crippen molar-refractivity contribution in [3.05, 3.63) is 58.3 Å². The van der Waals surface area contributed by atoms with Crippen molar-refractivity contribution in [2.24, 2.45) is 5.41 Å². The zero-order valence-corrected chi connectivity index (χ0v) is 18.6. The topological polar surface area (TPSA) is 59.6 Å². The number of carbonyl (C=O) groups excluding carboxylic acids is 1. The Morgan fingerprint density at radius 3 is 2.27 bits per heavy atom. The van der Waals surface area contributed by atoms with Gasteiger partial charge in [0.2, 0.25) is 0 Å². The number of nitrogens with one attached hydrogen (secondary N) is 2. The number of ether oxygens (including phenoxy) is 2. The molecule has 0 radical (unpaired) electrons. The van der Waals surface area contributed by atoms with Crippen molar-refractivity contribution in [3.63, 3.8) is 0 Å². The summed E-state index contributed by atoms with van der Waals surface area (Å²) in [6.07, 6.45) is 1.36. The van der Waals surface area contributed by atoms with Gasteiger partial charge in [-0.05, 0) is 66.6 Å². The number of carbonyl (C=O) groups is 1. The van der Waals surface area contributed by atoms with Crippen LogP contribution in [-0.4, -0.2) is 20.0 Å². The lowest BCUT2D eigenvalue weighted by atomic mass is 9.73. The summed E-state index contributed by atoms with van der Waals surface area (Å²) >= 11 is 0. The van der Waals surface area contributed by atoms with E-state index >= 15 is 0 Å². The Bertz CT molecular complexity index is 1050. The Morgan fingerprint density at radius 2 is 1.60 bits per heavy atom. The molecule has 0 saturated heterocycles. The predicted molar refractivity (Wildman–Crippen MR) is 120 cm³/mol. The fourth-order valence-corrected chi connectivity index (χ4v) is 4.49. The maximum Gasteiger partial charge on any atom is 0.163 e. The van der Waals surface area contributed by atoms with Crippen LogP contribution in [0.25, 0.3) is 0 Å². The Morgan fingerprint density at radius 1 is 0.933 bits per heavy atom. The van der Waals surface area contributed by atoms with E-state index in [4.69, 9.17) is 9.47 Å². The lowest BCUT2D eigenvalue weighted by molar-refractivity contribution is -0.118. The Balaban J connectivity index is 1.90. The summed E-state index contributed by atoms with van der Waals surface area (Å²) in [5, 5.41) is 7.26. The fourth-order valence-electron chi connectivity index (χ4n) is 4.49. The van der Waals surface area contributed by atoms with Crippen LogP contribution in [0.5, 0.6) is 11.5 Å². The first-order valence-electron chi connectivity index (χ1n) is 10.4. The highest BCUT2D eigenvalue weighted by Gasteiger charge is 2.39. The first kappa shape index (κ1) is 20.3. The molecule has 2 N–H and O–H groups in total. The van der Waals surface area contributed by atoms with Crippen molar-refractivity contribution >= 4 is 17.2 Å². The molecule has 0 spiro atoms. The average molecular weight is 407 g/mol. The van der Waals surface area contributed by atoms with Gasteiger partial charge in [0.05, 0.1) is 31.6 Å². The van der Waals surface area contributed by atoms with Gasteiger partial charge in [0.1, 0.15) is 0 Å². The van der Waals surface area contributed by atoms with Gasteiger partial charge in [-0.2, -0.15) is 0 Å². The smallest absolute Gasteiger partial charge is 0.163 e. The highest BCUT2D eigenvalue weighted by Crippen LogP contribution is 2.46. The van der Waals surface area contributed by atoms with E-state index in [9.17, 15) is 4.79 Å². The van der Waals surface area contributed by atoms with Crippen LogP contribution in [0.15, 0.2) is 41.6 Å². The standard InChI is InChI=1S/C25H30N2O3/c1-14-9-17-18(10-15(14)2)27-24(16-7-8-21(29-5)22(11-16)30-6)23-19(26-17)12-25(3,4)13-20(23)28/h7-11,24,26-27H,12-13H2,1-6H3/t24-/m1/s1. The number of anilines is 2. The monoisotopic (exact) mass is 406 g/mol. The lowest BCUT2D eigenvalue weighted by Crippen LogP contribution is -2.31. The van der Waals surface area contributed by atoms with E-state index in [2.05, 4.69) is 50.5 Å². The summed E-state index contributed by atoms with van der Waals surface area (Å²) < 4.78 is 10.9. The molecule has 30 heavy (non-hydrogen) atoms. The van der Waals surface area contributed by atoms with Gasteiger partial charge in [0.25, 0.3) is 0 Å². The zero-order valence-electron chi connectivity index (χ0n) is 18.6. The second-order valence-electron chi connectivity index (χ2n) is 9.13. The van der Waals surface area contributed by atoms with Crippen LogP contribution in [0.4, 0.5) is 11.4 Å². The lowest BCUT2D eigenvalue weighted by Gasteiger charge is -2.34. The minimum atomic E-state index is -0.265. The highest BCUT2D eigenvalue weighted by molar-refractivity contribution is 6.01. The van der Waals surface area contributed by atoms with E-state index in [1.54, 1.807) is 14.2 Å². The molecule has 1 aliphatic carbocycles. The molecule has 0 amide bonds. The Labute approximate surface area is 178 Å². The number of allylic oxidation sites excluding steroid dienone is 1. The van der Waals surface area contributed by atoms with Gasteiger partial charge in [0, 0.05) is 17.7 Å². The fraction of sp³-hybridized carbons (Fsp3) is 0.400. The summed E-state index contributed by atoms with van der Waals surface area (Å²) in [5.74, 6) is 1.51. The molecular weight excluding hydrogens is 376 g/mol. The van der Waals surface area contributed by atoms with E-state index in [-0.39, 0.29) is 17.2 Å². The summed E-state index contributed by atoms with van der Waals surface area (Å²) in [7, 11) is 3.25. The molecule has 1 aliphatic heterocycles. The second-order valence-corrected chi connectivity index (χ2v) is 9.13. The number of rotatable bonds is 3. The molecule has 0 unspecified atom stereocenters. The minimum absolute atomic E-state index is 0.0741. The van der Waals surface area contributed by atoms with Crippen molar-refractivity contribution in [2.45, 2.75) is 46.6 Å². The molecule has 4 rings (SSSR count). The zero-order chi connectivity index (χ0) is 21.6. The summed E-state index contributed by atoms with van der Waals surface area (Å²) in [5.41, 5.74) is 7.16. The summed E-state index contributed by atoms with van der Waals surface area (Å²) in [4.78, 5) is 13.3. The highest BCUT2D eigenvalue weighted by atomic mass is 16.5. The molecule has 1 atom stereocenters. The van der Waals surface area contributed by atoms with Gasteiger partial charge in [-0.15, -0.1) is 0 Å². The van der Waals surface area contributed by atoms with E-state index in [0.29, 0.717) is 17.9 Å². The number of methoxy groups -OCH3 is 2. The van der Waals surface area contributed by atoms with Crippen LogP contribution < -0.4 is 20.1 Å². The van der Waals surface area contributed by atoms with Crippen LogP contribution in [-0.2, 0) is 4.79 Å². The normalized spacial score (nSPS) is 19.8. The van der Waals surface area contributed by atoms with Gasteiger partial charge in [-0.1, -0.05) is 19.9 Å². The number of ketones is 1. The molecule has 158 valence electrons. The molecule has 5 heteroatoms. The van der Waals surface area contributed by atoms with Crippen LogP contribution in [0.1, 0.15) is 49.4 Å². The molecule has 5 nitrogen and oxygen atoms in total. The van der Waals surface area contributed by atoms with Crippen LogP contribution in [0, 0.1) is 19.3 Å². The van der Waals surface area contributed by atoms with Crippen LogP contribution in [0.3, 0.4) is 0 Å². The molecular formula is C25H30N2O3. The predicted octanol–water partition coefficient (Wildman–Crippen LogP) is 5.54. The largest absolute Gasteiger partial charge is 0.493 e. The third-order valence-corrected chi connectivity index (χ3v) is 6.17. The molecule has 2 aliphatic rings. The quantitative estimate of drug-likeness (QED) is 0.701. The first-order chi connectivity index (χ1) is 14.2. The van der Waals surface area contributed by atoms with Crippen molar-refractivity contribution in [2.75, 3.05) is 24.9 Å². The average Bonchev–Trinajstić information content (AvgIpc) is 2.83.